The Balaban J connectivity index is 1.27. The molecule has 3 heterocycles. The molecule has 0 aromatic heterocycles. The van der Waals surface area contributed by atoms with Crippen molar-refractivity contribution in [2.45, 2.75) is 30.8 Å². The number of sulfonamides is 1. The van der Waals surface area contributed by atoms with Gasteiger partial charge in [0, 0.05) is 32.1 Å². The van der Waals surface area contributed by atoms with Gasteiger partial charge >= 0.3 is 0 Å². The molecule has 2 aromatic rings. The monoisotopic (exact) mass is 424 g/mol. The van der Waals surface area contributed by atoms with E-state index in [1.165, 1.54) is 11.1 Å². The molecule has 30 heavy (non-hydrogen) atoms. The minimum Gasteiger partial charge on any atom is -0.342 e. The highest BCUT2D eigenvalue weighted by Gasteiger charge is 2.33. The number of benzene rings is 2. The number of hydrogen-bond acceptors (Lipinski definition) is 5. The number of nitrogens with zero attached hydrogens (tertiary/aromatic N) is 3. The summed E-state index contributed by atoms with van der Waals surface area (Å²) in [4.78, 5) is 17.2. The largest absolute Gasteiger partial charge is 0.342 e. The van der Waals surface area contributed by atoms with Crippen molar-refractivity contribution in [1.29, 1.82) is 0 Å². The lowest BCUT2D eigenvalue weighted by molar-refractivity contribution is -0.133. The highest BCUT2D eigenvalue weighted by molar-refractivity contribution is 7.90. The van der Waals surface area contributed by atoms with E-state index in [1.807, 2.05) is 17.0 Å². The van der Waals surface area contributed by atoms with Gasteiger partial charge in [-0.05, 0) is 36.1 Å². The quantitative estimate of drug-likeness (QED) is 0.819. The van der Waals surface area contributed by atoms with Crippen LogP contribution in [0.1, 0.15) is 24.0 Å². The molecule has 5 rings (SSSR count). The van der Waals surface area contributed by atoms with E-state index in [0.717, 1.165) is 25.9 Å². The normalized spacial score (nSPS) is 22.6. The molecule has 0 aliphatic carbocycles. The molecular weight excluding hydrogens is 400 g/mol. The zero-order valence-corrected chi connectivity index (χ0v) is 17.4. The highest BCUT2D eigenvalue weighted by Crippen LogP contribution is 2.30. The van der Waals surface area contributed by atoms with E-state index in [2.05, 4.69) is 26.7 Å². The van der Waals surface area contributed by atoms with E-state index in [-0.39, 0.29) is 16.7 Å². The molecule has 0 saturated carbocycles. The Bertz CT molecular complexity index is 1100. The first-order valence-electron chi connectivity index (χ1n) is 10.3. The first-order valence-corrected chi connectivity index (χ1v) is 11.7. The number of carbonyl (C=O) groups is 1. The first-order chi connectivity index (χ1) is 14.5. The zero-order chi connectivity index (χ0) is 20.7. The number of hydrogen-bond donors (Lipinski definition) is 1. The van der Waals surface area contributed by atoms with Gasteiger partial charge in [0.05, 0.1) is 12.2 Å². The average molecular weight is 425 g/mol. The fraction of sp³-hybridized carbons (Fsp3) is 0.364. The van der Waals surface area contributed by atoms with Crippen LogP contribution in [0.4, 0.5) is 5.69 Å². The maximum atomic E-state index is 13.0. The van der Waals surface area contributed by atoms with E-state index in [9.17, 15) is 13.2 Å². The lowest BCUT2D eigenvalue weighted by Crippen LogP contribution is -2.47. The summed E-state index contributed by atoms with van der Waals surface area (Å²) in [6, 6.07) is 15.1. The van der Waals surface area contributed by atoms with Gasteiger partial charge in [0.2, 0.25) is 5.91 Å². The summed E-state index contributed by atoms with van der Waals surface area (Å²) >= 11 is 0. The van der Waals surface area contributed by atoms with Crippen LogP contribution in [-0.2, 0) is 27.9 Å². The number of amides is 1. The van der Waals surface area contributed by atoms with Gasteiger partial charge in [-0.2, -0.15) is 8.42 Å². The van der Waals surface area contributed by atoms with Crippen molar-refractivity contribution in [1.82, 2.24) is 9.80 Å². The van der Waals surface area contributed by atoms with Crippen LogP contribution in [0.5, 0.6) is 0 Å². The van der Waals surface area contributed by atoms with E-state index in [0.29, 0.717) is 31.2 Å². The van der Waals surface area contributed by atoms with Crippen LogP contribution in [-0.4, -0.2) is 49.6 Å². The van der Waals surface area contributed by atoms with Gasteiger partial charge in [-0.15, -0.1) is 4.40 Å². The number of anilines is 1. The second-order valence-corrected chi connectivity index (χ2v) is 9.74. The summed E-state index contributed by atoms with van der Waals surface area (Å²) in [6.45, 7) is 3.16. The Labute approximate surface area is 176 Å². The predicted octanol–water partition coefficient (Wildman–Crippen LogP) is 2.45. The summed E-state index contributed by atoms with van der Waals surface area (Å²) in [5.74, 6) is 0.425. The Morgan fingerprint density at radius 2 is 1.77 bits per heavy atom. The second-order valence-electron chi connectivity index (χ2n) is 8.17. The van der Waals surface area contributed by atoms with Gasteiger partial charge in [0.15, 0.2) is 0 Å². The Morgan fingerprint density at radius 3 is 2.53 bits per heavy atom. The molecule has 8 heteroatoms. The predicted molar refractivity (Wildman–Crippen MR) is 115 cm³/mol. The molecular formula is C22H24N4O3S. The van der Waals surface area contributed by atoms with Crippen molar-refractivity contribution in [3.63, 3.8) is 0 Å². The van der Waals surface area contributed by atoms with E-state index >= 15 is 0 Å². The lowest BCUT2D eigenvalue weighted by Gasteiger charge is -2.35. The molecule has 1 saturated heterocycles. The number of amidine groups is 1. The third-order valence-electron chi connectivity index (χ3n) is 6.07. The number of piperidine rings is 1. The summed E-state index contributed by atoms with van der Waals surface area (Å²) in [7, 11) is -3.71. The van der Waals surface area contributed by atoms with Gasteiger partial charge in [-0.3, -0.25) is 9.69 Å². The Morgan fingerprint density at radius 1 is 1.07 bits per heavy atom. The molecule has 7 nitrogen and oxygen atoms in total. The molecule has 1 N–H and O–H groups in total. The van der Waals surface area contributed by atoms with E-state index in [1.54, 1.807) is 24.3 Å². The molecule has 1 amide bonds. The van der Waals surface area contributed by atoms with Gasteiger partial charge in [0.25, 0.3) is 10.0 Å². The molecule has 2 aromatic carbocycles. The molecule has 0 radical (unpaired) electrons. The molecule has 0 bridgehead atoms. The number of nitrogens with one attached hydrogen (secondary N) is 1. The number of likely N-dealkylation sites (tertiary alicyclic amines) is 1. The fourth-order valence-corrected chi connectivity index (χ4v) is 5.74. The number of rotatable bonds is 3. The first kappa shape index (κ1) is 19.3. The number of carbonyl (C=O) groups excluding carboxylic acids is 1. The lowest BCUT2D eigenvalue weighted by atomic mass is 9.96. The van der Waals surface area contributed by atoms with Crippen LogP contribution in [0.25, 0.3) is 0 Å². The Hall–Kier alpha value is -2.71. The maximum absolute atomic E-state index is 13.0. The second kappa shape index (κ2) is 7.52. The van der Waals surface area contributed by atoms with Gasteiger partial charge < -0.3 is 10.2 Å². The molecule has 3 aliphatic heterocycles. The van der Waals surface area contributed by atoms with Crippen molar-refractivity contribution in [3.8, 4) is 0 Å². The summed E-state index contributed by atoms with van der Waals surface area (Å²) in [6.07, 6.45) is 1.64. The van der Waals surface area contributed by atoms with E-state index in [4.69, 9.17) is 0 Å². The standard InChI is InChI=1S/C22H24N4O3S/c27-21(15-25-12-16-6-1-2-7-17(16)13-25)26-11-5-8-18(14-26)22-23-19-9-3-4-10-20(19)30(28,29)24-22/h1-4,6-7,9-10,18H,5,8,11-15H2,(H,23,24). The van der Waals surface area contributed by atoms with Crippen LogP contribution >= 0.6 is 0 Å². The topological polar surface area (TPSA) is 82.1 Å². The van der Waals surface area contributed by atoms with Crippen LogP contribution in [0.2, 0.25) is 0 Å². The van der Waals surface area contributed by atoms with Crippen LogP contribution in [0.15, 0.2) is 57.8 Å². The average Bonchev–Trinajstić information content (AvgIpc) is 3.15. The molecule has 1 fully saturated rings. The van der Waals surface area contributed by atoms with Crippen LogP contribution in [0.3, 0.4) is 0 Å². The van der Waals surface area contributed by atoms with Crippen LogP contribution < -0.4 is 5.32 Å². The Kier molecular flexibility index (Phi) is 4.83. The minimum absolute atomic E-state index is 0.0900. The number of fused-ring (bicyclic) bond motifs is 2. The van der Waals surface area contributed by atoms with Crippen molar-refractivity contribution in [2.75, 3.05) is 25.0 Å². The van der Waals surface area contributed by atoms with Crippen molar-refractivity contribution < 1.29 is 13.2 Å². The van der Waals surface area contributed by atoms with Crippen molar-refractivity contribution in [3.05, 3.63) is 59.7 Å². The van der Waals surface area contributed by atoms with E-state index < -0.39 is 10.0 Å². The molecule has 156 valence electrons. The van der Waals surface area contributed by atoms with Crippen molar-refractivity contribution in [2.24, 2.45) is 10.3 Å². The van der Waals surface area contributed by atoms with Gasteiger partial charge in [0.1, 0.15) is 10.7 Å². The number of para-hydroxylation sites is 1. The zero-order valence-electron chi connectivity index (χ0n) is 16.6. The highest BCUT2D eigenvalue weighted by atomic mass is 32.2. The smallest absolute Gasteiger partial charge is 0.286 e. The third-order valence-corrected chi connectivity index (χ3v) is 7.42. The summed E-state index contributed by atoms with van der Waals surface area (Å²) in [5.41, 5.74) is 3.12. The molecule has 1 atom stereocenters. The van der Waals surface area contributed by atoms with Crippen LogP contribution in [0, 0.1) is 5.92 Å². The minimum atomic E-state index is -3.71. The fourth-order valence-electron chi connectivity index (χ4n) is 4.54. The summed E-state index contributed by atoms with van der Waals surface area (Å²) < 4.78 is 29.2. The molecule has 3 aliphatic rings. The summed E-state index contributed by atoms with van der Waals surface area (Å²) in [5, 5.41) is 3.19. The molecule has 1 unspecified atom stereocenters. The molecule has 0 spiro atoms. The SMILES string of the molecule is O=C(CN1Cc2ccccc2C1)N1CCCC(C2=NS(=O)(=O)c3ccccc3N2)C1. The third kappa shape index (κ3) is 3.61. The van der Waals surface area contributed by atoms with Gasteiger partial charge in [-0.25, -0.2) is 0 Å². The van der Waals surface area contributed by atoms with Crippen molar-refractivity contribution >= 4 is 27.5 Å². The van der Waals surface area contributed by atoms with Gasteiger partial charge in [-0.1, -0.05) is 36.4 Å². The maximum Gasteiger partial charge on any atom is 0.286 e.